The lowest BCUT2D eigenvalue weighted by Gasteiger charge is -2.36. The summed E-state index contributed by atoms with van der Waals surface area (Å²) in [4.78, 5) is 10.5. The normalized spacial score (nSPS) is 39.8. The Kier molecular flexibility index (Phi) is 2.30. The van der Waals surface area contributed by atoms with Gasteiger partial charge in [-0.15, -0.1) is 0 Å². The van der Waals surface area contributed by atoms with Crippen LogP contribution in [-0.4, -0.2) is 17.5 Å². The second-order valence-electron chi connectivity index (χ2n) is 4.88. The van der Waals surface area contributed by atoms with Crippen molar-refractivity contribution >= 4 is 6.29 Å². The van der Waals surface area contributed by atoms with Crippen molar-refractivity contribution in [2.45, 2.75) is 46.1 Å². The van der Waals surface area contributed by atoms with E-state index in [9.17, 15) is 9.90 Å². The van der Waals surface area contributed by atoms with Gasteiger partial charge in [0.25, 0.3) is 0 Å². The number of aldehydes is 1. The zero-order chi connectivity index (χ0) is 9.41. The highest BCUT2D eigenvalue weighted by atomic mass is 16.3. The summed E-state index contributed by atoms with van der Waals surface area (Å²) in [6, 6.07) is 0. The highest BCUT2D eigenvalue weighted by molar-refractivity contribution is 5.51. The van der Waals surface area contributed by atoms with Crippen molar-refractivity contribution in [3.05, 3.63) is 0 Å². The lowest BCUT2D eigenvalue weighted by atomic mass is 9.68. The smallest absolute Gasteiger partial charge is 0.120 e. The number of carbonyl (C=O) groups excluding carboxylic acids is 1. The van der Waals surface area contributed by atoms with Crippen LogP contribution in [0.2, 0.25) is 0 Å². The van der Waals surface area contributed by atoms with E-state index in [1.54, 1.807) is 0 Å². The Hall–Kier alpha value is -0.370. The van der Waals surface area contributed by atoms with Crippen LogP contribution in [0.25, 0.3) is 0 Å². The molecule has 1 N–H and O–H groups in total. The zero-order valence-electron chi connectivity index (χ0n) is 8.13. The minimum Gasteiger partial charge on any atom is -0.393 e. The summed E-state index contributed by atoms with van der Waals surface area (Å²) in [5.74, 6) is 0. The Bertz CT molecular complexity index is 186. The standard InChI is InChI=1S/C10H18O2/c1-9(2)6-8(12)7-10(9,3)4-5-11/h5,8,12H,4,6-7H2,1-3H3/t8-,10+/m0/s1. The molecular formula is C10H18O2. The molecule has 12 heavy (non-hydrogen) atoms. The number of carbonyl (C=O) groups is 1. The van der Waals surface area contributed by atoms with Crippen LogP contribution in [-0.2, 0) is 4.79 Å². The van der Waals surface area contributed by atoms with Crippen LogP contribution in [0.4, 0.5) is 0 Å². The third-order valence-corrected chi connectivity index (χ3v) is 3.60. The molecule has 0 aromatic rings. The first kappa shape index (κ1) is 9.72. The van der Waals surface area contributed by atoms with Crippen LogP contribution in [0.1, 0.15) is 40.0 Å². The topological polar surface area (TPSA) is 37.3 Å². The minimum atomic E-state index is -0.218. The molecule has 0 unspecified atom stereocenters. The van der Waals surface area contributed by atoms with Gasteiger partial charge in [0, 0.05) is 6.42 Å². The second kappa shape index (κ2) is 2.84. The summed E-state index contributed by atoms with van der Waals surface area (Å²) in [5.41, 5.74) is 0.0848. The van der Waals surface area contributed by atoms with Crippen LogP contribution in [0.5, 0.6) is 0 Å². The predicted octanol–water partition coefficient (Wildman–Crippen LogP) is 1.76. The summed E-state index contributed by atoms with van der Waals surface area (Å²) in [5, 5.41) is 9.51. The highest BCUT2D eigenvalue weighted by Gasteiger charge is 2.48. The summed E-state index contributed by atoms with van der Waals surface area (Å²) in [6.45, 7) is 6.36. The maximum absolute atomic E-state index is 10.5. The largest absolute Gasteiger partial charge is 0.393 e. The molecule has 1 rings (SSSR count). The van der Waals surface area contributed by atoms with Gasteiger partial charge < -0.3 is 9.90 Å². The fourth-order valence-electron chi connectivity index (χ4n) is 2.25. The molecule has 0 amide bonds. The molecule has 0 aromatic carbocycles. The number of aliphatic hydroxyl groups excluding tert-OH is 1. The molecule has 2 atom stereocenters. The average Bonchev–Trinajstić information content (AvgIpc) is 2.02. The Morgan fingerprint density at radius 1 is 1.42 bits per heavy atom. The van der Waals surface area contributed by atoms with Crippen molar-refractivity contribution in [1.82, 2.24) is 0 Å². The predicted molar refractivity (Wildman–Crippen MR) is 47.8 cm³/mol. The first-order chi connectivity index (χ1) is 5.41. The molecule has 0 spiro atoms. The van der Waals surface area contributed by atoms with E-state index in [0.717, 1.165) is 19.1 Å². The quantitative estimate of drug-likeness (QED) is 0.641. The molecule has 2 nitrogen and oxygen atoms in total. The van der Waals surface area contributed by atoms with E-state index in [1.165, 1.54) is 0 Å². The van der Waals surface area contributed by atoms with E-state index in [2.05, 4.69) is 20.8 Å². The first-order valence-corrected chi connectivity index (χ1v) is 4.53. The SMILES string of the molecule is CC1(C)C[C@H](O)C[C@@]1(C)CC=O. The van der Waals surface area contributed by atoms with Gasteiger partial charge >= 0.3 is 0 Å². The van der Waals surface area contributed by atoms with Gasteiger partial charge in [0.2, 0.25) is 0 Å². The molecule has 0 aromatic heterocycles. The van der Waals surface area contributed by atoms with Gasteiger partial charge in [-0.1, -0.05) is 20.8 Å². The molecule has 1 aliphatic carbocycles. The van der Waals surface area contributed by atoms with Crippen LogP contribution in [0.15, 0.2) is 0 Å². The molecule has 0 aliphatic heterocycles. The summed E-state index contributed by atoms with van der Waals surface area (Å²) < 4.78 is 0. The van der Waals surface area contributed by atoms with Gasteiger partial charge in [-0.05, 0) is 23.7 Å². The first-order valence-electron chi connectivity index (χ1n) is 4.53. The summed E-state index contributed by atoms with van der Waals surface area (Å²) in [6.07, 6.45) is 2.90. The molecule has 1 aliphatic rings. The van der Waals surface area contributed by atoms with Gasteiger partial charge in [0.05, 0.1) is 6.10 Å². The van der Waals surface area contributed by atoms with Crippen molar-refractivity contribution in [3.63, 3.8) is 0 Å². The molecule has 70 valence electrons. The Labute approximate surface area is 74.0 Å². The molecule has 0 bridgehead atoms. The fraction of sp³-hybridized carbons (Fsp3) is 0.900. The molecule has 1 fully saturated rings. The van der Waals surface area contributed by atoms with E-state index < -0.39 is 0 Å². The lowest BCUT2D eigenvalue weighted by Crippen LogP contribution is -2.29. The van der Waals surface area contributed by atoms with Gasteiger partial charge in [-0.3, -0.25) is 0 Å². The van der Waals surface area contributed by atoms with E-state index in [4.69, 9.17) is 0 Å². The van der Waals surface area contributed by atoms with Gasteiger partial charge in [-0.25, -0.2) is 0 Å². The van der Waals surface area contributed by atoms with Crippen LogP contribution >= 0.6 is 0 Å². The van der Waals surface area contributed by atoms with Gasteiger partial charge in [0.15, 0.2) is 0 Å². The number of hydrogen-bond donors (Lipinski definition) is 1. The summed E-state index contributed by atoms with van der Waals surface area (Å²) in [7, 11) is 0. The van der Waals surface area contributed by atoms with Crippen molar-refractivity contribution in [3.8, 4) is 0 Å². The van der Waals surface area contributed by atoms with Crippen LogP contribution in [0.3, 0.4) is 0 Å². The fourth-order valence-corrected chi connectivity index (χ4v) is 2.25. The average molecular weight is 170 g/mol. The third kappa shape index (κ3) is 1.40. The van der Waals surface area contributed by atoms with Crippen molar-refractivity contribution in [2.75, 3.05) is 0 Å². The number of rotatable bonds is 2. The third-order valence-electron chi connectivity index (χ3n) is 3.60. The van der Waals surface area contributed by atoms with Gasteiger partial charge in [0.1, 0.15) is 6.29 Å². The number of aliphatic hydroxyl groups is 1. The maximum atomic E-state index is 10.5. The minimum absolute atomic E-state index is 0.00579. The van der Waals surface area contributed by atoms with Gasteiger partial charge in [-0.2, -0.15) is 0 Å². The monoisotopic (exact) mass is 170 g/mol. The zero-order valence-corrected chi connectivity index (χ0v) is 8.13. The molecule has 1 saturated carbocycles. The molecule has 0 heterocycles. The number of hydrogen-bond acceptors (Lipinski definition) is 2. The van der Waals surface area contributed by atoms with E-state index in [1.807, 2.05) is 0 Å². The second-order valence-corrected chi connectivity index (χ2v) is 4.88. The summed E-state index contributed by atoms with van der Waals surface area (Å²) >= 11 is 0. The molecule has 2 heteroatoms. The molecule has 0 saturated heterocycles. The van der Waals surface area contributed by atoms with E-state index >= 15 is 0 Å². The Balaban J connectivity index is 2.81. The Morgan fingerprint density at radius 2 is 2.00 bits per heavy atom. The van der Waals surface area contributed by atoms with E-state index in [0.29, 0.717) is 6.42 Å². The van der Waals surface area contributed by atoms with Crippen molar-refractivity contribution < 1.29 is 9.90 Å². The Morgan fingerprint density at radius 3 is 2.33 bits per heavy atom. The van der Waals surface area contributed by atoms with Crippen molar-refractivity contribution in [1.29, 1.82) is 0 Å². The highest BCUT2D eigenvalue weighted by Crippen LogP contribution is 2.53. The van der Waals surface area contributed by atoms with Crippen LogP contribution < -0.4 is 0 Å². The molecular weight excluding hydrogens is 152 g/mol. The van der Waals surface area contributed by atoms with Crippen molar-refractivity contribution in [2.24, 2.45) is 10.8 Å². The van der Waals surface area contributed by atoms with E-state index in [-0.39, 0.29) is 16.9 Å². The van der Waals surface area contributed by atoms with Crippen LogP contribution in [0, 0.1) is 10.8 Å². The lowest BCUT2D eigenvalue weighted by molar-refractivity contribution is -0.111. The maximum Gasteiger partial charge on any atom is 0.120 e. The molecule has 0 radical (unpaired) electrons.